The van der Waals surface area contributed by atoms with E-state index in [1.165, 1.54) is 6.26 Å². The first-order valence-electron chi connectivity index (χ1n) is 8.51. The summed E-state index contributed by atoms with van der Waals surface area (Å²) < 4.78 is 10.7. The third-order valence-corrected chi connectivity index (χ3v) is 4.63. The minimum Gasteiger partial charge on any atom is -0.467 e. The van der Waals surface area contributed by atoms with Crippen LogP contribution in [-0.4, -0.2) is 15.8 Å². The second-order valence-corrected chi connectivity index (χ2v) is 6.71. The Morgan fingerprint density at radius 1 is 1.07 bits per heavy atom. The minimum absolute atomic E-state index is 0.239. The number of halogens is 1. The zero-order chi connectivity index (χ0) is 18.8. The van der Waals surface area contributed by atoms with Crippen LogP contribution in [-0.2, 0) is 13.1 Å². The van der Waals surface area contributed by atoms with Crippen molar-refractivity contribution in [3.63, 3.8) is 0 Å². The molecule has 0 fully saturated rings. The Balaban J connectivity index is 1.69. The van der Waals surface area contributed by atoms with Crippen molar-refractivity contribution in [2.45, 2.75) is 20.0 Å². The predicted molar refractivity (Wildman–Crippen MR) is 102 cm³/mol. The number of fused-ring (bicyclic) bond motifs is 1. The summed E-state index contributed by atoms with van der Waals surface area (Å²) in [6, 6.07) is 14.9. The van der Waals surface area contributed by atoms with Crippen LogP contribution in [0.1, 0.15) is 27.4 Å². The number of benzene rings is 1. The largest absolute Gasteiger partial charge is 0.467 e. The van der Waals surface area contributed by atoms with Gasteiger partial charge in [-0.05, 0) is 49.4 Å². The monoisotopic (exact) mass is 380 g/mol. The Kier molecular flexibility index (Phi) is 4.69. The summed E-state index contributed by atoms with van der Waals surface area (Å²) in [6.45, 7) is 2.61. The summed E-state index contributed by atoms with van der Waals surface area (Å²) in [5.41, 5.74) is 2.72. The second-order valence-electron chi connectivity index (χ2n) is 6.35. The van der Waals surface area contributed by atoms with Crippen LogP contribution in [0.3, 0.4) is 0 Å². The number of hydrogen-bond donors (Lipinski definition) is 0. The maximum atomic E-state index is 12.9. The fourth-order valence-corrected chi connectivity index (χ4v) is 3.18. The van der Waals surface area contributed by atoms with E-state index in [4.69, 9.17) is 20.4 Å². The van der Waals surface area contributed by atoms with Gasteiger partial charge in [-0.3, -0.25) is 4.79 Å². The maximum absolute atomic E-state index is 12.9. The third-order valence-electron chi connectivity index (χ3n) is 4.30. The topological polar surface area (TPSA) is 59.5 Å². The summed E-state index contributed by atoms with van der Waals surface area (Å²) in [5, 5.41) is 1.36. The van der Waals surface area contributed by atoms with E-state index in [1.54, 1.807) is 29.4 Å². The lowest BCUT2D eigenvalue weighted by molar-refractivity contribution is 0.0685. The van der Waals surface area contributed by atoms with Crippen LogP contribution in [0.4, 0.5) is 0 Å². The van der Waals surface area contributed by atoms with Crippen molar-refractivity contribution in [2.75, 3.05) is 0 Å². The fraction of sp³-hybridized carbons (Fsp3) is 0.143. The minimum atomic E-state index is -0.239. The van der Waals surface area contributed by atoms with Crippen molar-refractivity contribution in [3.05, 3.63) is 88.9 Å². The van der Waals surface area contributed by atoms with Gasteiger partial charge in [-0.1, -0.05) is 23.2 Å². The molecule has 4 rings (SSSR count). The Bertz CT molecular complexity index is 1070. The molecule has 0 saturated carbocycles. The lowest BCUT2D eigenvalue weighted by atomic mass is 10.1. The molecule has 0 unspecified atom stereocenters. The molecule has 0 aliphatic rings. The number of amides is 1. The summed E-state index contributed by atoms with van der Waals surface area (Å²) in [6.07, 6.45) is 3.06. The standard InChI is InChI=1S/C21H17ClN2O3/c1-14-6-7-18-15(10-14)11-16(20(22)23-18)12-24(13-17-4-2-8-26-17)21(25)19-5-3-9-27-19/h2-11H,12-13H2,1H3. The van der Waals surface area contributed by atoms with Gasteiger partial charge in [0.2, 0.25) is 0 Å². The molecule has 3 aromatic heterocycles. The number of carbonyl (C=O) groups excluding carboxylic acids is 1. The van der Waals surface area contributed by atoms with Crippen LogP contribution in [0.15, 0.2) is 69.9 Å². The van der Waals surface area contributed by atoms with Crippen LogP contribution in [0.5, 0.6) is 0 Å². The van der Waals surface area contributed by atoms with Crippen LogP contribution in [0.2, 0.25) is 5.15 Å². The SMILES string of the molecule is Cc1ccc2nc(Cl)c(CN(Cc3ccco3)C(=O)c3ccco3)cc2c1. The van der Waals surface area contributed by atoms with Gasteiger partial charge in [-0.15, -0.1) is 0 Å². The number of furan rings is 2. The van der Waals surface area contributed by atoms with Crippen LogP contribution >= 0.6 is 11.6 Å². The lowest BCUT2D eigenvalue weighted by Gasteiger charge is -2.21. The molecule has 0 spiro atoms. The molecule has 0 radical (unpaired) electrons. The van der Waals surface area contributed by atoms with E-state index in [0.29, 0.717) is 17.5 Å². The molecule has 3 heterocycles. The molecule has 0 atom stereocenters. The number of carbonyl (C=O) groups is 1. The van der Waals surface area contributed by atoms with Crippen molar-refractivity contribution >= 4 is 28.4 Å². The second kappa shape index (κ2) is 7.29. The highest BCUT2D eigenvalue weighted by Crippen LogP contribution is 2.24. The Morgan fingerprint density at radius 3 is 2.63 bits per heavy atom. The number of aryl methyl sites for hydroxylation is 1. The molecule has 6 heteroatoms. The summed E-state index contributed by atoms with van der Waals surface area (Å²) >= 11 is 6.40. The van der Waals surface area contributed by atoms with Crippen molar-refractivity contribution in [1.29, 1.82) is 0 Å². The van der Waals surface area contributed by atoms with Gasteiger partial charge in [-0.25, -0.2) is 4.98 Å². The highest BCUT2D eigenvalue weighted by Gasteiger charge is 2.21. The Morgan fingerprint density at radius 2 is 1.89 bits per heavy atom. The van der Waals surface area contributed by atoms with Gasteiger partial charge < -0.3 is 13.7 Å². The molecule has 0 aliphatic carbocycles. The molecule has 0 aliphatic heterocycles. The molecule has 27 heavy (non-hydrogen) atoms. The molecule has 0 N–H and O–H groups in total. The molecule has 1 amide bonds. The van der Waals surface area contributed by atoms with Crippen molar-refractivity contribution in [3.8, 4) is 0 Å². The first-order valence-corrected chi connectivity index (χ1v) is 8.89. The first-order chi connectivity index (χ1) is 13.1. The molecule has 5 nitrogen and oxygen atoms in total. The number of nitrogens with zero attached hydrogens (tertiary/aromatic N) is 2. The van der Waals surface area contributed by atoms with Gasteiger partial charge in [0, 0.05) is 17.5 Å². The van der Waals surface area contributed by atoms with Crippen LogP contribution < -0.4 is 0 Å². The average molecular weight is 381 g/mol. The molecule has 4 aromatic rings. The zero-order valence-corrected chi connectivity index (χ0v) is 15.4. The third kappa shape index (κ3) is 3.73. The Hall–Kier alpha value is -3.05. The van der Waals surface area contributed by atoms with Gasteiger partial charge >= 0.3 is 0 Å². The van der Waals surface area contributed by atoms with E-state index in [2.05, 4.69) is 4.98 Å². The molecular formula is C21H17ClN2O3. The van der Waals surface area contributed by atoms with Gasteiger partial charge in [-0.2, -0.15) is 0 Å². The van der Waals surface area contributed by atoms with E-state index >= 15 is 0 Å². The van der Waals surface area contributed by atoms with E-state index < -0.39 is 0 Å². The molecule has 0 saturated heterocycles. The van der Waals surface area contributed by atoms with E-state index in [0.717, 1.165) is 22.0 Å². The zero-order valence-electron chi connectivity index (χ0n) is 14.7. The van der Waals surface area contributed by atoms with Crippen LogP contribution in [0, 0.1) is 6.92 Å². The van der Waals surface area contributed by atoms with Gasteiger partial charge in [0.15, 0.2) is 5.76 Å². The van der Waals surface area contributed by atoms with E-state index in [-0.39, 0.29) is 18.2 Å². The number of pyridine rings is 1. The summed E-state index contributed by atoms with van der Waals surface area (Å²) in [4.78, 5) is 19.0. The Labute approximate surface area is 161 Å². The molecule has 136 valence electrons. The van der Waals surface area contributed by atoms with Crippen molar-refractivity contribution < 1.29 is 13.6 Å². The summed E-state index contributed by atoms with van der Waals surface area (Å²) in [7, 11) is 0. The van der Waals surface area contributed by atoms with Crippen LogP contribution in [0.25, 0.3) is 10.9 Å². The quantitative estimate of drug-likeness (QED) is 0.445. The average Bonchev–Trinajstić information content (AvgIpc) is 3.35. The van der Waals surface area contributed by atoms with Gasteiger partial charge in [0.1, 0.15) is 10.9 Å². The molecule has 0 bridgehead atoms. The first kappa shape index (κ1) is 17.4. The van der Waals surface area contributed by atoms with E-state index in [9.17, 15) is 4.79 Å². The van der Waals surface area contributed by atoms with E-state index in [1.807, 2.05) is 37.3 Å². The lowest BCUT2D eigenvalue weighted by Crippen LogP contribution is -2.30. The maximum Gasteiger partial charge on any atom is 0.290 e. The molecular weight excluding hydrogens is 364 g/mol. The number of hydrogen-bond acceptors (Lipinski definition) is 4. The van der Waals surface area contributed by atoms with Gasteiger partial charge in [0.25, 0.3) is 5.91 Å². The van der Waals surface area contributed by atoms with Gasteiger partial charge in [0.05, 0.1) is 24.6 Å². The summed E-state index contributed by atoms with van der Waals surface area (Å²) in [5.74, 6) is 0.703. The smallest absolute Gasteiger partial charge is 0.290 e. The van der Waals surface area contributed by atoms with Crippen molar-refractivity contribution in [1.82, 2.24) is 9.88 Å². The highest BCUT2D eigenvalue weighted by molar-refractivity contribution is 6.30. The number of aromatic nitrogens is 1. The fourth-order valence-electron chi connectivity index (χ4n) is 2.98. The van der Waals surface area contributed by atoms with Crippen molar-refractivity contribution in [2.24, 2.45) is 0 Å². The normalized spacial score (nSPS) is 11.0. The number of rotatable bonds is 5. The molecule has 1 aromatic carbocycles. The highest BCUT2D eigenvalue weighted by atomic mass is 35.5. The predicted octanol–water partition coefficient (Wildman–Crippen LogP) is 5.23.